The molecule has 156 valence electrons. The molecule has 3 heterocycles. The molecule has 0 aliphatic carbocycles. The number of aliphatic hydroxyl groups is 1. The Morgan fingerprint density at radius 3 is 2.71 bits per heavy atom. The summed E-state index contributed by atoms with van der Waals surface area (Å²) in [5.74, 6) is 2.21. The highest BCUT2D eigenvalue weighted by molar-refractivity contribution is 5.55. The maximum atomic E-state index is 9.63. The number of fused-ring (bicyclic) bond motifs is 1. The van der Waals surface area contributed by atoms with Gasteiger partial charge in [0.2, 0.25) is 12.5 Å². The van der Waals surface area contributed by atoms with E-state index in [-0.39, 0.29) is 13.4 Å². The first kappa shape index (κ1) is 19.8. The fraction of sp³-hybridized carbons (Fsp3) is 0.714. The Bertz CT molecular complexity index is 663. The van der Waals surface area contributed by atoms with Crippen molar-refractivity contribution in [1.29, 1.82) is 0 Å². The molecule has 1 unspecified atom stereocenters. The van der Waals surface area contributed by atoms with Crippen LogP contribution < -0.4 is 14.2 Å². The highest BCUT2D eigenvalue weighted by atomic mass is 16.7. The van der Waals surface area contributed by atoms with Crippen LogP contribution >= 0.6 is 0 Å². The van der Waals surface area contributed by atoms with Crippen LogP contribution in [0.5, 0.6) is 17.2 Å². The Hall–Kier alpha value is -1.54. The molecule has 2 saturated heterocycles. The van der Waals surface area contributed by atoms with Gasteiger partial charge in [-0.25, -0.2) is 0 Å². The van der Waals surface area contributed by atoms with Gasteiger partial charge < -0.3 is 24.2 Å². The molecule has 3 aliphatic heterocycles. The van der Waals surface area contributed by atoms with Gasteiger partial charge in [-0.2, -0.15) is 0 Å². The van der Waals surface area contributed by atoms with Gasteiger partial charge in [0.25, 0.3) is 0 Å². The maximum absolute atomic E-state index is 9.63. The molecule has 3 aliphatic rings. The van der Waals surface area contributed by atoms with E-state index in [4.69, 9.17) is 14.2 Å². The molecule has 1 atom stereocenters. The first-order valence-corrected chi connectivity index (χ1v) is 10.4. The van der Waals surface area contributed by atoms with Crippen molar-refractivity contribution in [1.82, 2.24) is 14.7 Å². The Morgan fingerprint density at radius 1 is 1.14 bits per heavy atom. The molecule has 0 amide bonds. The molecule has 1 aromatic rings. The number of piperidine rings is 1. The van der Waals surface area contributed by atoms with E-state index in [1.54, 1.807) is 7.11 Å². The van der Waals surface area contributed by atoms with Crippen molar-refractivity contribution in [3.05, 3.63) is 17.7 Å². The van der Waals surface area contributed by atoms with Crippen LogP contribution in [-0.2, 0) is 6.54 Å². The molecule has 7 nitrogen and oxygen atoms in total. The van der Waals surface area contributed by atoms with Gasteiger partial charge in [-0.05, 0) is 57.1 Å². The van der Waals surface area contributed by atoms with Crippen molar-refractivity contribution in [2.24, 2.45) is 0 Å². The summed E-state index contributed by atoms with van der Waals surface area (Å²) in [6.45, 7) is 6.81. The van der Waals surface area contributed by atoms with E-state index in [2.05, 4.69) is 33.9 Å². The van der Waals surface area contributed by atoms with Crippen molar-refractivity contribution < 1.29 is 19.3 Å². The highest BCUT2D eigenvalue weighted by Crippen LogP contribution is 2.42. The van der Waals surface area contributed by atoms with Crippen molar-refractivity contribution in [3.63, 3.8) is 0 Å². The number of methoxy groups -OCH3 is 1. The van der Waals surface area contributed by atoms with Crippen molar-refractivity contribution in [3.8, 4) is 17.2 Å². The smallest absolute Gasteiger partial charge is 0.231 e. The van der Waals surface area contributed by atoms with E-state index in [0.29, 0.717) is 17.8 Å². The molecular formula is C21H33N3O4. The summed E-state index contributed by atoms with van der Waals surface area (Å²) >= 11 is 0. The summed E-state index contributed by atoms with van der Waals surface area (Å²) < 4.78 is 16.6. The third-order valence-corrected chi connectivity index (χ3v) is 6.36. The van der Waals surface area contributed by atoms with Gasteiger partial charge in [0.05, 0.1) is 7.11 Å². The predicted molar refractivity (Wildman–Crippen MR) is 107 cm³/mol. The number of rotatable bonds is 6. The topological polar surface area (TPSA) is 57.6 Å². The fourth-order valence-electron chi connectivity index (χ4n) is 4.82. The third-order valence-electron chi connectivity index (χ3n) is 6.36. The van der Waals surface area contributed by atoms with Crippen LogP contribution in [0.25, 0.3) is 0 Å². The van der Waals surface area contributed by atoms with E-state index in [9.17, 15) is 5.11 Å². The number of ether oxygens (including phenoxy) is 3. The Balaban J connectivity index is 1.42. The SMILES string of the molecule is COc1cc(CN2CCN(C3CCN(C)CC3)C(CCO)C2)cc2c1OCO2. The number of aliphatic hydroxyl groups excluding tert-OH is 1. The van der Waals surface area contributed by atoms with E-state index in [0.717, 1.165) is 44.1 Å². The lowest BCUT2D eigenvalue weighted by molar-refractivity contribution is 0.00598. The average Bonchev–Trinajstić information content (AvgIpc) is 3.17. The molecule has 2 fully saturated rings. The number of hydrogen-bond donors (Lipinski definition) is 1. The lowest BCUT2D eigenvalue weighted by Crippen LogP contribution is -2.58. The molecule has 0 saturated carbocycles. The van der Waals surface area contributed by atoms with Crippen LogP contribution in [0.3, 0.4) is 0 Å². The summed E-state index contributed by atoms with van der Waals surface area (Å²) in [6, 6.07) is 5.19. The Labute approximate surface area is 167 Å². The second-order valence-electron chi connectivity index (χ2n) is 8.21. The minimum atomic E-state index is 0.249. The first-order chi connectivity index (χ1) is 13.7. The van der Waals surface area contributed by atoms with Gasteiger partial charge in [-0.3, -0.25) is 9.80 Å². The highest BCUT2D eigenvalue weighted by Gasteiger charge is 2.33. The quantitative estimate of drug-likeness (QED) is 0.786. The molecule has 0 spiro atoms. The molecule has 28 heavy (non-hydrogen) atoms. The zero-order chi connectivity index (χ0) is 19.5. The lowest BCUT2D eigenvalue weighted by Gasteiger charge is -2.47. The van der Waals surface area contributed by atoms with E-state index in [1.165, 1.54) is 31.5 Å². The van der Waals surface area contributed by atoms with Crippen LogP contribution in [0, 0.1) is 0 Å². The number of nitrogens with zero attached hydrogens (tertiary/aromatic N) is 3. The van der Waals surface area contributed by atoms with Gasteiger partial charge in [-0.1, -0.05) is 0 Å². The summed E-state index contributed by atoms with van der Waals surface area (Å²) in [7, 11) is 3.87. The van der Waals surface area contributed by atoms with Crippen molar-refractivity contribution in [2.45, 2.75) is 37.9 Å². The normalized spacial score (nSPS) is 24.6. The van der Waals surface area contributed by atoms with E-state index in [1.807, 2.05) is 0 Å². The molecule has 0 aromatic heterocycles. The zero-order valence-electron chi connectivity index (χ0n) is 17.1. The molecule has 0 bridgehead atoms. The average molecular weight is 392 g/mol. The molecule has 4 rings (SSSR count). The summed E-state index contributed by atoms with van der Waals surface area (Å²) in [6.07, 6.45) is 3.31. The monoisotopic (exact) mass is 391 g/mol. The second kappa shape index (κ2) is 8.86. The first-order valence-electron chi connectivity index (χ1n) is 10.4. The largest absolute Gasteiger partial charge is 0.493 e. The minimum absolute atomic E-state index is 0.249. The number of likely N-dealkylation sites (tertiary alicyclic amines) is 1. The van der Waals surface area contributed by atoms with Crippen LogP contribution in [0.15, 0.2) is 12.1 Å². The number of piperazine rings is 1. The van der Waals surface area contributed by atoms with Crippen LogP contribution in [0.2, 0.25) is 0 Å². The minimum Gasteiger partial charge on any atom is -0.493 e. The number of hydrogen-bond acceptors (Lipinski definition) is 7. The Kier molecular flexibility index (Phi) is 6.25. The molecule has 7 heteroatoms. The van der Waals surface area contributed by atoms with Gasteiger partial charge in [-0.15, -0.1) is 0 Å². The summed E-state index contributed by atoms with van der Waals surface area (Å²) in [5.41, 5.74) is 1.18. The standard InChI is InChI=1S/C21H33N3O4/c1-22-6-3-17(4-7-22)24-9-8-23(14-18(24)5-10-25)13-16-11-19(26-2)21-20(12-16)27-15-28-21/h11-12,17-18,25H,3-10,13-15H2,1-2H3. The van der Waals surface area contributed by atoms with Gasteiger partial charge in [0.15, 0.2) is 11.5 Å². The van der Waals surface area contributed by atoms with Gasteiger partial charge >= 0.3 is 0 Å². The number of benzene rings is 1. The van der Waals surface area contributed by atoms with Crippen molar-refractivity contribution in [2.75, 3.05) is 60.3 Å². The lowest BCUT2D eigenvalue weighted by atomic mass is 9.98. The zero-order valence-corrected chi connectivity index (χ0v) is 17.1. The van der Waals surface area contributed by atoms with Crippen LogP contribution in [-0.4, -0.2) is 92.2 Å². The Morgan fingerprint density at radius 2 is 1.96 bits per heavy atom. The van der Waals surface area contributed by atoms with E-state index >= 15 is 0 Å². The third kappa shape index (κ3) is 4.22. The molecular weight excluding hydrogens is 358 g/mol. The fourth-order valence-corrected chi connectivity index (χ4v) is 4.82. The molecule has 1 N–H and O–H groups in total. The molecule has 0 radical (unpaired) electrons. The van der Waals surface area contributed by atoms with Crippen LogP contribution in [0.4, 0.5) is 0 Å². The second-order valence-corrected chi connectivity index (χ2v) is 8.21. The summed E-state index contributed by atoms with van der Waals surface area (Å²) in [4.78, 5) is 7.57. The maximum Gasteiger partial charge on any atom is 0.231 e. The summed E-state index contributed by atoms with van der Waals surface area (Å²) in [5, 5.41) is 9.63. The van der Waals surface area contributed by atoms with Gasteiger partial charge in [0, 0.05) is 44.9 Å². The predicted octanol–water partition coefficient (Wildman–Crippen LogP) is 1.39. The van der Waals surface area contributed by atoms with Crippen LogP contribution in [0.1, 0.15) is 24.8 Å². The molecule has 1 aromatic carbocycles. The van der Waals surface area contributed by atoms with E-state index < -0.39 is 0 Å². The van der Waals surface area contributed by atoms with Crippen molar-refractivity contribution >= 4 is 0 Å². The van der Waals surface area contributed by atoms with Gasteiger partial charge in [0.1, 0.15) is 0 Å².